The Kier molecular flexibility index (Phi) is 4.02. The molecule has 0 unspecified atom stereocenters. The van der Waals surface area contributed by atoms with Crippen molar-refractivity contribution in [1.82, 2.24) is 9.88 Å². The molecule has 0 bridgehead atoms. The summed E-state index contributed by atoms with van der Waals surface area (Å²) in [6.45, 7) is 4.62. The van der Waals surface area contributed by atoms with Crippen LogP contribution < -0.4 is 0 Å². The lowest BCUT2D eigenvalue weighted by molar-refractivity contribution is 0.0670. The number of hydrogen-bond acceptors (Lipinski definition) is 4. The zero-order chi connectivity index (χ0) is 13.9. The Labute approximate surface area is 113 Å². The maximum atomic E-state index is 9.33. The van der Waals surface area contributed by atoms with E-state index < -0.39 is 0 Å². The normalized spacial score (nSPS) is 12.1. The van der Waals surface area contributed by atoms with Crippen LogP contribution in [0.1, 0.15) is 19.7 Å². The number of oxazole rings is 1. The standard InChI is InChI=1S/C15H20N2O2/c1-15(2,11-18)17(3)10-14-16-9-13(19-14)12-7-5-4-6-8-12/h4-9,18H,10-11H2,1-3H3. The summed E-state index contributed by atoms with van der Waals surface area (Å²) in [5.41, 5.74) is 0.729. The van der Waals surface area contributed by atoms with Gasteiger partial charge in [0.25, 0.3) is 0 Å². The molecule has 2 aromatic rings. The van der Waals surface area contributed by atoms with Crippen molar-refractivity contribution in [2.75, 3.05) is 13.7 Å². The van der Waals surface area contributed by atoms with Crippen LogP contribution in [0.3, 0.4) is 0 Å². The van der Waals surface area contributed by atoms with Crippen molar-refractivity contribution < 1.29 is 9.52 Å². The highest BCUT2D eigenvalue weighted by atomic mass is 16.4. The van der Waals surface area contributed by atoms with Crippen molar-refractivity contribution in [1.29, 1.82) is 0 Å². The van der Waals surface area contributed by atoms with Crippen LogP contribution in [0, 0.1) is 0 Å². The van der Waals surface area contributed by atoms with E-state index in [1.807, 2.05) is 56.1 Å². The number of aliphatic hydroxyl groups excluding tert-OH is 1. The molecule has 1 N–H and O–H groups in total. The first-order valence-corrected chi connectivity index (χ1v) is 6.35. The van der Waals surface area contributed by atoms with E-state index in [1.165, 1.54) is 0 Å². The fraction of sp³-hybridized carbons (Fsp3) is 0.400. The highest BCUT2D eigenvalue weighted by molar-refractivity contribution is 5.55. The summed E-state index contributed by atoms with van der Waals surface area (Å²) in [4.78, 5) is 6.31. The number of hydrogen-bond donors (Lipinski definition) is 1. The van der Waals surface area contributed by atoms with Crippen molar-refractivity contribution in [3.05, 3.63) is 42.4 Å². The van der Waals surface area contributed by atoms with E-state index in [1.54, 1.807) is 6.20 Å². The molecular weight excluding hydrogens is 240 g/mol. The number of benzene rings is 1. The third-order valence-corrected chi connectivity index (χ3v) is 3.40. The van der Waals surface area contributed by atoms with Crippen LogP contribution in [-0.2, 0) is 6.54 Å². The first-order chi connectivity index (χ1) is 9.03. The van der Waals surface area contributed by atoms with Gasteiger partial charge in [0.15, 0.2) is 5.76 Å². The largest absolute Gasteiger partial charge is 0.439 e. The average Bonchev–Trinajstić information content (AvgIpc) is 2.88. The molecule has 4 heteroatoms. The molecule has 1 aromatic carbocycles. The zero-order valence-electron chi connectivity index (χ0n) is 11.6. The summed E-state index contributed by atoms with van der Waals surface area (Å²) >= 11 is 0. The second-order valence-electron chi connectivity index (χ2n) is 5.31. The van der Waals surface area contributed by atoms with Crippen LogP contribution in [0.5, 0.6) is 0 Å². The van der Waals surface area contributed by atoms with Gasteiger partial charge < -0.3 is 9.52 Å². The fourth-order valence-electron chi connectivity index (χ4n) is 1.66. The van der Waals surface area contributed by atoms with Gasteiger partial charge in [0.2, 0.25) is 5.89 Å². The van der Waals surface area contributed by atoms with Crippen LogP contribution in [0.15, 0.2) is 40.9 Å². The molecule has 0 saturated carbocycles. The second-order valence-corrected chi connectivity index (χ2v) is 5.31. The van der Waals surface area contributed by atoms with Crippen LogP contribution in [0.2, 0.25) is 0 Å². The van der Waals surface area contributed by atoms with Crippen molar-refractivity contribution >= 4 is 0 Å². The number of likely N-dealkylation sites (N-methyl/N-ethyl adjacent to an activating group) is 1. The Bertz CT molecular complexity index is 520. The van der Waals surface area contributed by atoms with Crippen molar-refractivity contribution in [3.63, 3.8) is 0 Å². The molecule has 0 spiro atoms. The van der Waals surface area contributed by atoms with E-state index in [2.05, 4.69) is 4.98 Å². The molecule has 19 heavy (non-hydrogen) atoms. The second kappa shape index (κ2) is 5.55. The smallest absolute Gasteiger partial charge is 0.209 e. The number of nitrogens with zero attached hydrogens (tertiary/aromatic N) is 2. The fourth-order valence-corrected chi connectivity index (χ4v) is 1.66. The van der Waals surface area contributed by atoms with Crippen molar-refractivity contribution in [2.24, 2.45) is 0 Å². The lowest BCUT2D eigenvalue weighted by Gasteiger charge is -2.32. The number of rotatable bonds is 5. The number of aromatic nitrogens is 1. The Morgan fingerprint density at radius 3 is 2.58 bits per heavy atom. The minimum absolute atomic E-state index is 0.0930. The van der Waals surface area contributed by atoms with Crippen LogP contribution >= 0.6 is 0 Å². The molecule has 0 aliphatic rings. The van der Waals surface area contributed by atoms with Gasteiger partial charge in [-0.05, 0) is 20.9 Å². The molecule has 0 atom stereocenters. The van der Waals surface area contributed by atoms with E-state index in [-0.39, 0.29) is 12.1 Å². The van der Waals surface area contributed by atoms with Gasteiger partial charge in [0.1, 0.15) is 0 Å². The zero-order valence-corrected chi connectivity index (χ0v) is 11.6. The Morgan fingerprint density at radius 1 is 1.26 bits per heavy atom. The molecule has 0 radical (unpaired) electrons. The van der Waals surface area contributed by atoms with Gasteiger partial charge in [-0.1, -0.05) is 30.3 Å². The molecule has 1 aromatic heterocycles. The Morgan fingerprint density at radius 2 is 1.95 bits per heavy atom. The summed E-state index contributed by atoms with van der Waals surface area (Å²) in [6.07, 6.45) is 1.74. The maximum Gasteiger partial charge on any atom is 0.209 e. The molecular formula is C15H20N2O2. The first kappa shape index (κ1) is 13.8. The average molecular weight is 260 g/mol. The third-order valence-electron chi connectivity index (χ3n) is 3.40. The van der Waals surface area contributed by atoms with E-state index in [4.69, 9.17) is 4.42 Å². The summed E-state index contributed by atoms with van der Waals surface area (Å²) in [5.74, 6) is 1.42. The highest BCUT2D eigenvalue weighted by Gasteiger charge is 2.23. The summed E-state index contributed by atoms with van der Waals surface area (Å²) in [5, 5.41) is 9.33. The maximum absolute atomic E-state index is 9.33. The van der Waals surface area contributed by atoms with Gasteiger partial charge in [-0.25, -0.2) is 4.98 Å². The SMILES string of the molecule is CN(Cc1ncc(-c2ccccc2)o1)C(C)(C)CO. The number of aliphatic hydroxyl groups is 1. The lowest BCUT2D eigenvalue weighted by Crippen LogP contribution is -2.43. The van der Waals surface area contributed by atoms with Gasteiger partial charge >= 0.3 is 0 Å². The van der Waals surface area contributed by atoms with E-state index in [0.29, 0.717) is 12.4 Å². The molecule has 0 saturated heterocycles. The van der Waals surface area contributed by atoms with Gasteiger partial charge in [-0.3, -0.25) is 4.90 Å². The minimum atomic E-state index is -0.290. The van der Waals surface area contributed by atoms with E-state index >= 15 is 0 Å². The van der Waals surface area contributed by atoms with Gasteiger partial charge in [0.05, 0.1) is 19.3 Å². The summed E-state index contributed by atoms with van der Waals surface area (Å²) in [6, 6.07) is 9.90. The van der Waals surface area contributed by atoms with Crippen LogP contribution in [0.4, 0.5) is 0 Å². The summed E-state index contributed by atoms with van der Waals surface area (Å²) < 4.78 is 5.75. The molecule has 0 aliphatic carbocycles. The predicted molar refractivity (Wildman–Crippen MR) is 74.6 cm³/mol. The van der Waals surface area contributed by atoms with Gasteiger partial charge in [0, 0.05) is 11.1 Å². The Hall–Kier alpha value is -1.65. The van der Waals surface area contributed by atoms with Gasteiger partial charge in [-0.2, -0.15) is 0 Å². The van der Waals surface area contributed by atoms with Crippen molar-refractivity contribution in [2.45, 2.75) is 25.9 Å². The highest BCUT2D eigenvalue weighted by Crippen LogP contribution is 2.21. The predicted octanol–water partition coefficient (Wildman–Crippen LogP) is 2.54. The molecule has 4 nitrogen and oxygen atoms in total. The molecule has 0 amide bonds. The van der Waals surface area contributed by atoms with E-state index in [0.717, 1.165) is 11.3 Å². The topological polar surface area (TPSA) is 49.5 Å². The third kappa shape index (κ3) is 3.22. The molecule has 0 fully saturated rings. The van der Waals surface area contributed by atoms with Crippen LogP contribution in [-0.4, -0.2) is 34.2 Å². The first-order valence-electron chi connectivity index (χ1n) is 6.35. The van der Waals surface area contributed by atoms with Gasteiger partial charge in [-0.15, -0.1) is 0 Å². The summed E-state index contributed by atoms with van der Waals surface area (Å²) in [7, 11) is 1.95. The van der Waals surface area contributed by atoms with E-state index in [9.17, 15) is 5.11 Å². The Balaban J connectivity index is 2.10. The molecule has 2 rings (SSSR count). The molecule has 102 valence electrons. The van der Waals surface area contributed by atoms with Crippen molar-refractivity contribution in [3.8, 4) is 11.3 Å². The van der Waals surface area contributed by atoms with Crippen LogP contribution in [0.25, 0.3) is 11.3 Å². The molecule has 1 heterocycles. The molecule has 0 aliphatic heterocycles. The lowest BCUT2D eigenvalue weighted by atomic mass is 10.1. The quantitative estimate of drug-likeness (QED) is 0.897. The monoisotopic (exact) mass is 260 g/mol. The minimum Gasteiger partial charge on any atom is -0.439 e.